The van der Waals surface area contributed by atoms with Crippen LogP contribution in [0.15, 0.2) is 170 Å². The molecule has 0 fully saturated rings. The summed E-state index contributed by atoms with van der Waals surface area (Å²) in [5, 5.41) is 5.54. The van der Waals surface area contributed by atoms with Gasteiger partial charge in [-0.15, -0.1) is 69.6 Å². The molecule has 8 aromatic rings. The normalized spacial score (nSPS) is 10.1. The summed E-state index contributed by atoms with van der Waals surface area (Å²) in [6.45, 7) is 7.62. The van der Waals surface area contributed by atoms with Crippen molar-refractivity contribution in [1.82, 2.24) is 0 Å². The maximum atomic E-state index is 3.06. The fourth-order valence-electron chi connectivity index (χ4n) is 8.35. The Bertz CT molecular complexity index is 2080. The third kappa shape index (κ3) is 14.6. The molecule has 0 spiro atoms. The van der Waals surface area contributed by atoms with Crippen molar-refractivity contribution in [2.24, 2.45) is 0 Å². The third-order valence-corrected chi connectivity index (χ3v) is 11.4. The quantitative estimate of drug-likeness (QED) is 0.0514. The number of rotatable bonds is 16. The molecule has 62 heavy (non-hydrogen) atoms. The summed E-state index contributed by atoms with van der Waals surface area (Å²) in [5.41, 5.74) is 13.5. The Hall–Kier alpha value is -3.78. The van der Waals surface area contributed by atoms with Crippen LogP contribution in [-0.4, -0.2) is 6.88 Å². The van der Waals surface area contributed by atoms with E-state index in [1.54, 1.807) is 0 Å². The van der Waals surface area contributed by atoms with Crippen molar-refractivity contribution < 1.29 is 23.3 Å². The molecule has 4 heteroatoms. The second kappa shape index (κ2) is 29.6. The molecule has 0 nitrogen and oxygen atoms in total. The minimum atomic E-state index is 0. The molecule has 324 valence electrons. The molecule has 0 bridgehead atoms. The molecule has 0 unspecified atom stereocenters. The Morgan fingerprint density at radius 1 is 0.371 bits per heavy atom. The van der Waals surface area contributed by atoms with Gasteiger partial charge in [0, 0.05) is 0 Å². The molecule has 2 radical (unpaired) electrons. The molecule has 0 aromatic heterocycles. The number of halogens is 2. The van der Waals surface area contributed by atoms with E-state index in [9.17, 15) is 0 Å². The van der Waals surface area contributed by atoms with Crippen LogP contribution >= 0.6 is 24.8 Å². The van der Waals surface area contributed by atoms with Crippen LogP contribution in [0.5, 0.6) is 0 Å². The predicted molar refractivity (Wildman–Crippen MR) is 279 cm³/mol. The van der Waals surface area contributed by atoms with E-state index in [1.807, 2.05) is 0 Å². The first-order chi connectivity index (χ1) is 28.7. The topological polar surface area (TPSA) is 0 Å². The first kappa shape index (κ1) is 54.4. The number of aryl methyl sites for hydroxylation is 2. The summed E-state index contributed by atoms with van der Waals surface area (Å²) in [7, 11) is 0. The second-order valence-electron chi connectivity index (χ2n) is 15.5. The fourth-order valence-corrected chi connectivity index (χ4v) is 8.35. The molecule has 0 atom stereocenters. The van der Waals surface area contributed by atoms with E-state index in [4.69, 9.17) is 0 Å². The summed E-state index contributed by atoms with van der Waals surface area (Å²) in [4.78, 5) is 0. The molecular formula is C58H66Cl2SiZr-4. The summed E-state index contributed by atoms with van der Waals surface area (Å²) >= 11 is 1.36. The molecule has 0 heterocycles. The van der Waals surface area contributed by atoms with Gasteiger partial charge in [0.2, 0.25) is 0 Å². The van der Waals surface area contributed by atoms with Gasteiger partial charge < -0.3 is 14.9 Å². The van der Waals surface area contributed by atoms with Crippen molar-refractivity contribution in [2.75, 3.05) is 0 Å². The number of unbranched alkanes of at least 4 members (excludes halogenated alkanes) is 8. The van der Waals surface area contributed by atoms with E-state index in [0.29, 0.717) is 0 Å². The van der Waals surface area contributed by atoms with Crippen LogP contribution in [0.2, 0.25) is 0 Å². The summed E-state index contributed by atoms with van der Waals surface area (Å²) < 4.78 is 0. The molecule has 0 aliphatic heterocycles. The van der Waals surface area contributed by atoms with Crippen LogP contribution < -0.4 is 0 Å². The molecule has 8 rings (SSSR count). The Kier molecular flexibility index (Phi) is 25.9. The van der Waals surface area contributed by atoms with Crippen molar-refractivity contribution >= 4 is 53.2 Å². The molecule has 0 amide bonds. The molecule has 0 N–H and O–H groups in total. The Balaban J connectivity index is 0.000000386. The van der Waals surface area contributed by atoms with Gasteiger partial charge >= 0.3 is 30.2 Å². The van der Waals surface area contributed by atoms with E-state index in [1.165, 1.54) is 178 Å². The van der Waals surface area contributed by atoms with Crippen LogP contribution in [-0.2, 0) is 36.2 Å². The van der Waals surface area contributed by atoms with Crippen molar-refractivity contribution in [3.05, 3.63) is 196 Å². The van der Waals surface area contributed by atoms with Gasteiger partial charge in [0.05, 0.1) is 0 Å². The van der Waals surface area contributed by atoms with E-state index in [-0.39, 0.29) is 39.7 Å². The zero-order valence-corrected chi connectivity index (χ0v) is 42.6. The average Bonchev–Trinajstić information content (AvgIpc) is 3.93. The SMILES string of the molecule is CCCCCCCc1cc2c(-c3ccccc3)ccc(-c3ccccc3)c2[cH-]1.CCCCCCCc1cc2c(-c3ccccc3)ccc(-c3ccccc3)c2[cH-]1.Cl.Cl.[CH3-].[CH3-].[Si]=[Zr]. The minimum absolute atomic E-state index is 0. The van der Waals surface area contributed by atoms with Crippen LogP contribution in [0.3, 0.4) is 0 Å². The van der Waals surface area contributed by atoms with Crippen LogP contribution in [0.4, 0.5) is 0 Å². The standard InChI is InChI=1S/2C28H29.2CH3.2ClH.Si.Zr/c2*1-2-3-4-5-8-13-22-20-27-25(23-14-9-6-10-15-23)18-19-26(28(27)21-22)24-16-11-7-12-17-24;;;;;;/h2*6-7,9-12,14-21H,2-5,8,13H2,1H3;2*1H3;2*1H;;/q4*-1;;;;. The van der Waals surface area contributed by atoms with Crippen LogP contribution in [0.25, 0.3) is 66.1 Å². The summed E-state index contributed by atoms with van der Waals surface area (Å²) in [6, 6.07) is 62.0. The monoisotopic (exact) mass is 950 g/mol. The molecular weight excluding hydrogens is 887 g/mol. The van der Waals surface area contributed by atoms with Crippen molar-refractivity contribution in [2.45, 2.75) is 90.9 Å². The van der Waals surface area contributed by atoms with Crippen molar-refractivity contribution in [1.29, 1.82) is 0 Å². The molecule has 0 saturated carbocycles. The Labute approximate surface area is 404 Å². The van der Waals surface area contributed by atoms with E-state index < -0.39 is 0 Å². The summed E-state index contributed by atoms with van der Waals surface area (Å²) in [5.74, 6) is 0. The van der Waals surface area contributed by atoms with Gasteiger partial charge in [-0.05, 0) is 24.0 Å². The van der Waals surface area contributed by atoms with Gasteiger partial charge in [0.25, 0.3) is 0 Å². The van der Waals surface area contributed by atoms with Gasteiger partial charge in [0.1, 0.15) is 0 Å². The number of fused-ring (bicyclic) bond motifs is 2. The first-order valence-corrected chi connectivity index (χ1v) is 25.8. The molecule has 0 aliphatic rings. The first-order valence-electron chi connectivity index (χ1n) is 21.6. The molecule has 8 aromatic carbocycles. The Morgan fingerprint density at radius 3 is 0.952 bits per heavy atom. The van der Waals surface area contributed by atoms with Gasteiger partial charge in [-0.25, -0.2) is 0 Å². The summed E-state index contributed by atoms with van der Waals surface area (Å²) in [6.07, 6.45) is 15.7. The van der Waals surface area contributed by atoms with Gasteiger partial charge in [-0.1, -0.05) is 257 Å². The van der Waals surface area contributed by atoms with Crippen molar-refractivity contribution in [3.8, 4) is 44.5 Å². The van der Waals surface area contributed by atoms with Crippen molar-refractivity contribution in [3.63, 3.8) is 0 Å². The zero-order valence-electron chi connectivity index (χ0n) is 37.5. The molecule has 0 saturated heterocycles. The van der Waals surface area contributed by atoms with Crippen LogP contribution in [0, 0.1) is 14.9 Å². The van der Waals surface area contributed by atoms with Crippen LogP contribution in [0.1, 0.15) is 89.2 Å². The Morgan fingerprint density at radius 2 is 0.645 bits per heavy atom. The predicted octanol–water partition coefficient (Wildman–Crippen LogP) is 18.2. The van der Waals surface area contributed by atoms with Gasteiger partial charge in [-0.3, -0.25) is 0 Å². The number of benzene rings is 6. The average molecular weight is 953 g/mol. The molecule has 0 aliphatic carbocycles. The fraction of sp³-hybridized carbons (Fsp3) is 0.241. The second-order valence-corrected chi connectivity index (χ2v) is 15.5. The van der Waals surface area contributed by atoms with Gasteiger partial charge in [0.15, 0.2) is 0 Å². The maximum absolute atomic E-state index is 3.06. The number of hydrogen-bond acceptors (Lipinski definition) is 0. The van der Waals surface area contributed by atoms with E-state index in [2.05, 4.69) is 191 Å². The van der Waals surface area contributed by atoms with E-state index in [0.717, 1.165) is 0 Å². The van der Waals surface area contributed by atoms with E-state index >= 15 is 0 Å². The zero-order chi connectivity index (χ0) is 40.4. The van der Waals surface area contributed by atoms with Gasteiger partial charge in [-0.2, -0.15) is 12.1 Å². The number of hydrogen-bond donors (Lipinski definition) is 0. The third-order valence-electron chi connectivity index (χ3n) is 11.4.